The number of benzene rings is 3. The molecule has 1 heterocycles. The van der Waals surface area contributed by atoms with E-state index < -0.39 is 19.8 Å². The van der Waals surface area contributed by atoms with Gasteiger partial charge in [-0.05, 0) is 45.5 Å². The van der Waals surface area contributed by atoms with E-state index in [0.29, 0.717) is 22.7 Å². The quantitative estimate of drug-likeness (QED) is 0.284. The van der Waals surface area contributed by atoms with E-state index in [1.54, 1.807) is 12.1 Å². The van der Waals surface area contributed by atoms with Gasteiger partial charge >= 0.3 is 6.18 Å². The second-order valence-corrected chi connectivity index (χ2v) is 16.4. The van der Waals surface area contributed by atoms with Crippen molar-refractivity contribution in [3.8, 4) is 11.3 Å². The smallest absolute Gasteiger partial charge is 0.236 e. The van der Waals surface area contributed by atoms with E-state index in [1.165, 1.54) is 6.33 Å². The van der Waals surface area contributed by atoms with Crippen LogP contribution in [0.25, 0.3) is 32.9 Å². The van der Waals surface area contributed by atoms with E-state index in [0.717, 1.165) is 21.9 Å². The lowest BCUT2D eigenvalue weighted by atomic mass is 9.82. The second kappa shape index (κ2) is 7.94. The van der Waals surface area contributed by atoms with Crippen molar-refractivity contribution in [2.45, 2.75) is 58.0 Å². The molecule has 0 amide bonds. The van der Waals surface area contributed by atoms with Crippen molar-refractivity contribution < 1.29 is 13.2 Å². The van der Waals surface area contributed by atoms with Crippen LogP contribution in [-0.4, -0.2) is 18.0 Å². The molecule has 0 aliphatic rings. The Balaban J connectivity index is 2.03. The summed E-state index contributed by atoms with van der Waals surface area (Å²) in [6.07, 6.45) is -3.22. The zero-order chi connectivity index (χ0) is 24.2. The highest BCUT2D eigenvalue weighted by Gasteiger charge is 2.37. The number of hydrogen-bond donors (Lipinski definition) is 0. The Morgan fingerprint density at radius 3 is 2.18 bits per heavy atom. The van der Waals surface area contributed by atoms with Gasteiger partial charge in [0.1, 0.15) is 6.33 Å². The van der Waals surface area contributed by atoms with Crippen molar-refractivity contribution >= 4 is 29.7 Å². The van der Waals surface area contributed by atoms with Crippen LogP contribution in [0.15, 0.2) is 54.9 Å². The lowest BCUT2D eigenvalue weighted by molar-refractivity contribution is -0.136. The first kappa shape index (κ1) is 23.4. The summed E-state index contributed by atoms with van der Waals surface area (Å²) < 4.78 is 42.8. The minimum atomic E-state index is -4.49. The van der Waals surface area contributed by atoms with Crippen LogP contribution in [-0.2, 0) is 17.6 Å². The SMILES string of the molecule is CC(C)(C)c1cc(-c2ncnc3c(C(F)(F)F)c(C[Si](C)(C)C)ccc23)cc2ccccc12. The summed E-state index contributed by atoms with van der Waals surface area (Å²) in [6.45, 7) is 12.6. The topological polar surface area (TPSA) is 25.8 Å². The predicted octanol–water partition coefficient (Wildman–Crippen LogP) is 8.19. The number of alkyl halides is 3. The molecule has 0 bridgehead atoms. The third-order valence-electron chi connectivity index (χ3n) is 5.84. The maximum atomic E-state index is 14.3. The van der Waals surface area contributed by atoms with Crippen LogP contribution >= 0.6 is 0 Å². The minimum absolute atomic E-state index is 0.0197. The van der Waals surface area contributed by atoms with E-state index in [1.807, 2.05) is 24.3 Å². The zero-order valence-corrected chi connectivity index (χ0v) is 20.9. The van der Waals surface area contributed by atoms with Gasteiger partial charge in [-0.15, -0.1) is 0 Å². The van der Waals surface area contributed by atoms with Crippen molar-refractivity contribution in [1.82, 2.24) is 9.97 Å². The van der Waals surface area contributed by atoms with Gasteiger partial charge < -0.3 is 0 Å². The molecule has 4 rings (SSSR count). The molecule has 0 radical (unpaired) electrons. The average molecular weight is 467 g/mol. The van der Waals surface area contributed by atoms with Gasteiger partial charge in [0.25, 0.3) is 0 Å². The molecule has 0 aliphatic carbocycles. The first-order chi connectivity index (χ1) is 15.3. The summed E-state index contributed by atoms with van der Waals surface area (Å²) in [4.78, 5) is 8.61. The first-order valence-electron chi connectivity index (χ1n) is 11.1. The Bertz CT molecular complexity index is 1350. The number of nitrogens with zero attached hydrogens (tertiary/aromatic N) is 2. The van der Waals surface area contributed by atoms with Crippen molar-refractivity contribution in [2.75, 3.05) is 0 Å². The summed E-state index contributed by atoms with van der Waals surface area (Å²) >= 11 is 0. The summed E-state index contributed by atoms with van der Waals surface area (Å²) in [5, 5.41) is 2.61. The molecule has 0 N–H and O–H groups in total. The molecule has 0 atom stereocenters. The van der Waals surface area contributed by atoms with E-state index in [-0.39, 0.29) is 10.9 Å². The normalized spacial score (nSPS) is 13.1. The molecular formula is C27H29F3N2Si. The number of fused-ring (bicyclic) bond motifs is 2. The van der Waals surface area contributed by atoms with Gasteiger partial charge in [0.15, 0.2) is 0 Å². The Kier molecular flexibility index (Phi) is 5.64. The fourth-order valence-electron chi connectivity index (χ4n) is 4.50. The van der Waals surface area contributed by atoms with Crippen molar-refractivity contribution in [3.63, 3.8) is 0 Å². The van der Waals surface area contributed by atoms with Crippen molar-refractivity contribution in [3.05, 3.63) is 71.5 Å². The van der Waals surface area contributed by atoms with Crippen LogP contribution < -0.4 is 0 Å². The van der Waals surface area contributed by atoms with Crippen LogP contribution in [0.1, 0.15) is 37.5 Å². The molecule has 0 unspecified atom stereocenters. The molecule has 6 heteroatoms. The molecule has 0 saturated heterocycles. The van der Waals surface area contributed by atoms with Gasteiger partial charge in [0, 0.05) is 19.0 Å². The Morgan fingerprint density at radius 2 is 1.55 bits per heavy atom. The highest BCUT2D eigenvalue weighted by molar-refractivity contribution is 6.75. The number of aromatic nitrogens is 2. The van der Waals surface area contributed by atoms with Crippen LogP contribution in [0.3, 0.4) is 0 Å². The van der Waals surface area contributed by atoms with Crippen LogP contribution in [0.2, 0.25) is 19.6 Å². The Hall–Kier alpha value is -2.73. The molecule has 33 heavy (non-hydrogen) atoms. The highest BCUT2D eigenvalue weighted by Crippen LogP contribution is 2.41. The molecule has 2 nitrogen and oxygen atoms in total. The maximum absolute atomic E-state index is 14.3. The summed E-state index contributed by atoms with van der Waals surface area (Å²) in [7, 11) is -1.78. The van der Waals surface area contributed by atoms with Gasteiger partial charge in [-0.3, -0.25) is 0 Å². The summed E-state index contributed by atoms with van der Waals surface area (Å²) in [5.74, 6) is 0. The van der Waals surface area contributed by atoms with Crippen molar-refractivity contribution in [1.29, 1.82) is 0 Å². The van der Waals surface area contributed by atoms with Gasteiger partial charge in [0.05, 0.1) is 16.8 Å². The molecule has 0 spiro atoms. The van der Waals surface area contributed by atoms with Gasteiger partial charge in [0.2, 0.25) is 0 Å². The van der Waals surface area contributed by atoms with E-state index >= 15 is 0 Å². The number of hydrogen-bond acceptors (Lipinski definition) is 2. The van der Waals surface area contributed by atoms with Crippen LogP contribution in [0.5, 0.6) is 0 Å². The lowest BCUT2D eigenvalue weighted by Crippen LogP contribution is -2.26. The number of halogens is 3. The maximum Gasteiger partial charge on any atom is 0.418 e. The van der Waals surface area contributed by atoms with Crippen LogP contribution in [0.4, 0.5) is 13.2 Å². The van der Waals surface area contributed by atoms with E-state index in [4.69, 9.17) is 0 Å². The fourth-order valence-corrected chi connectivity index (χ4v) is 5.94. The second-order valence-electron chi connectivity index (χ2n) is 10.9. The monoisotopic (exact) mass is 466 g/mol. The molecule has 3 aromatic carbocycles. The Labute approximate surface area is 193 Å². The van der Waals surface area contributed by atoms with E-state index in [9.17, 15) is 13.2 Å². The highest BCUT2D eigenvalue weighted by atomic mass is 28.3. The molecule has 172 valence electrons. The average Bonchev–Trinajstić information content (AvgIpc) is 2.69. The van der Waals surface area contributed by atoms with Gasteiger partial charge in [-0.1, -0.05) is 76.8 Å². The van der Waals surface area contributed by atoms with Crippen molar-refractivity contribution in [2.24, 2.45) is 0 Å². The number of rotatable bonds is 3. The summed E-state index contributed by atoms with van der Waals surface area (Å²) in [5.41, 5.74) is 2.01. The largest absolute Gasteiger partial charge is 0.418 e. The molecule has 4 aromatic rings. The molecule has 0 aliphatic heterocycles. The predicted molar refractivity (Wildman–Crippen MR) is 133 cm³/mol. The third kappa shape index (κ3) is 4.67. The third-order valence-corrected chi connectivity index (χ3v) is 7.28. The molecular weight excluding hydrogens is 437 g/mol. The Morgan fingerprint density at radius 1 is 0.848 bits per heavy atom. The van der Waals surface area contributed by atoms with Gasteiger partial charge in [-0.25, -0.2) is 9.97 Å². The minimum Gasteiger partial charge on any atom is -0.236 e. The molecule has 0 fully saturated rings. The standard InChI is InChI=1S/C27H29F3N2Si/c1-26(2,3)22-14-19(13-17-9-7-8-10-20(17)22)24-21-12-11-18(15-33(4,5)6)23(27(28,29)30)25(21)32-16-31-24/h7-14,16H,15H2,1-6H3. The molecule has 1 aromatic heterocycles. The van der Waals surface area contributed by atoms with Crippen LogP contribution in [0, 0.1) is 0 Å². The van der Waals surface area contributed by atoms with E-state index in [2.05, 4.69) is 62.5 Å². The lowest BCUT2D eigenvalue weighted by Gasteiger charge is -2.23. The summed E-state index contributed by atoms with van der Waals surface area (Å²) in [6, 6.07) is 16.0. The first-order valence-corrected chi connectivity index (χ1v) is 14.8. The molecule has 0 saturated carbocycles. The van der Waals surface area contributed by atoms with Gasteiger partial charge in [-0.2, -0.15) is 13.2 Å². The fraction of sp³-hybridized carbons (Fsp3) is 0.333. The zero-order valence-electron chi connectivity index (χ0n) is 19.9.